The zero-order chi connectivity index (χ0) is 45.3. The van der Waals surface area contributed by atoms with Gasteiger partial charge in [-0.05, 0) is 90.5 Å². The van der Waals surface area contributed by atoms with Crippen LogP contribution in [0.25, 0.3) is 44.4 Å². The van der Waals surface area contributed by atoms with Gasteiger partial charge in [-0.2, -0.15) is 0 Å². The number of nitrogens with one attached hydrogen (secondary N) is 4. The number of hydrogen-bond donors (Lipinski definition) is 4. The van der Waals surface area contributed by atoms with Crippen molar-refractivity contribution in [2.45, 2.75) is 89.3 Å². The summed E-state index contributed by atoms with van der Waals surface area (Å²) >= 11 is 0. The average molecular weight is 875 g/mol. The summed E-state index contributed by atoms with van der Waals surface area (Å²) in [5, 5.41) is 7.51. The van der Waals surface area contributed by atoms with Crippen LogP contribution in [-0.2, 0) is 28.5 Å². The standard InChI is InChI=1S/C48H58N8O8/c1-8-29-17-20-55(44(57)39(27(2)61-4)53-46(59)63-6)41(29)43-50-24-36(52-43)31-11-9-30(10-12-31)32-13-14-34-22-35(16-15-33(34)21-32)37-25-49-42(51-37)38-23-48(18-19-48)26-56(38)45(58)40(28(3)62-5)54-47(60)64-7/h9-16,21-22,24-25,27-29,38-41H,8,17-20,23,26H2,1-7H3,(H,49,51)(H,50,52)(H,53,59)(H,54,60)/t27?,28-,29+,38-,39-,40?,41-/m0/s1. The molecule has 16 nitrogen and oxygen atoms in total. The molecule has 8 rings (SSSR count). The lowest BCUT2D eigenvalue weighted by Gasteiger charge is -2.32. The fourth-order valence-corrected chi connectivity index (χ4v) is 9.46. The van der Waals surface area contributed by atoms with Gasteiger partial charge in [-0.1, -0.05) is 61.9 Å². The summed E-state index contributed by atoms with van der Waals surface area (Å²) in [6.45, 7) is 6.76. The number of nitrogens with zero attached hydrogens (tertiary/aromatic N) is 4. The Kier molecular flexibility index (Phi) is 12.8. The molecule has 3 aliphatic rings. The van der Waals surface area contributed by atoms with Gasteiger partial charge in [0.15, 0.2) is 0 Å². The fraction of sp³-hybridized carbons (Fsp3) is 0.458. The van der Waals surface area contributed by atoms with Crippen LogP contribution in [0.4, 0.5) is 9.59 Å². The van der Waals surface area contributed by atoms with E-state index >= 15 is 0 Å². The second kappa shape index (κ2) is 18.5. The summed E-state index contributed by atoms with van der Waals surface area (Å²) in [5.74, 6) is 1.16. The number of methoxy groups -OCH3 is 4. The summed E-state index contributed by atoms with van der Waals surface area (Å²) in [7, 11) is 5.57. The molecule has 0 radical (unpaired) electrons. The van der Waals surface area contributed by atoms with E-state index in [-0.39, 0.29) is 35.2 Å². The molecule has 0 bridgehead atoms. The number of alkyl carbamates (subject to hydrolysis) is 2. The van der Waals surface area contributed by atoms with E-state index in [1.165, 1.54) is 28.4 Å². The predicted molar refractivity (Wildman–Crippen MR) is 240 cm³/mol. The van der Waals surface area contributed by atoms with Crippen molar-refractivity contribution in [2.24, 2.45) is 11.3 Å². The topological polar surface area (TPSA) is 193 Å². The number of ether oxygens (including phenoxy) is 4. The van der Waals surface area contributed by atoms with Crippen LogP contribution in [0.15, 0.2) is 73.1 Å². The molecule has 64 heavy (non-hydrogen) atoms. The van der Waals surface area contributed by atoms with Crippen molar-refractivity contribution in [3.63, 3.8) is 0 Å². The molecule has 2 unspecified atom stereocenters. The molecule has 1 aliphatic carbocycles. The third kappa shape index (κ3) is 8.80. The summed E-state index contributed by atoms with van der Waals surface area (Å²) < 4.78 is 20.6. The SMILES string of the molecule is CC[C@@H]1CCN(C(=O)[C@@H](NC(=O)OC)C(C)OC)[C@@H]1c1ncc(-c2ccc(-c3ccc4cc(-c5cnc([C@@H]6CC7(CC7)CN6C(=O)C(NC(=O)OC)[C@H](C)OC)[nH]5)ccc4c3)cc2)[nH]1. The number of benzene rings is 3. The Hall–Kier alpha value is -6.26. The van der Waals surface area contributed by atoms with Crippen molar-refractivity contribution in [1.29, 1.82) is 0 Å². The number of carbonyl (C=O) groups excluding carboxylic acids is 4. The minimum Gasteiger partial charge on any atom is -0.453 e. The second-order valence-corrected chi connectivity index (χ2v) is 17.4. The van der Waals surface area contributed by atoms with Gasteiger partial charge < -0.3 is 49.3 Å². The van der Waals surface area contributed by atoms with Gasteiger partial charge in [0.25, 0.3) is 0 Å². The second-order valence-electron chi connectivity index (χ2n) is 17.4. The van der Waals surface area contributed by atoms with Crippen LogP contribution in [-0.4, -0.2) is 120 Å². The third-order valence-corrected chi connectivity index (χ3v) is 13.7. The van der Waals surface area contributed by atoms with E-state index in [0.717, 1.165) is 82.3 Å². The highest BCUT2D eigenvalue weighted by Gasteiger charge is 2.55. The zero-order valence-electron chi connectivity index (χ0n) is 37.5. The Morgan fingerprint density at radius 2 is 1.23 bits per heavy atom. The first-order valence-electron chi connectivity index (χ1n) is 22.0. The van der Waals surface area contributed by atoms with Crippen LogP contribution < -0.4 is 10.6 Å². The molecule has 2 aliphatic heterocycles. The highest BCUT2D eigenvalue weighted by atomic mass is 16.5. The minimum atomic E-state index is -0.910. The van der Waals surface area contributed by atoms with Crippen LogP contribution in [0.1, 0.15) is 76.6 Å². The van der Waals surface area contributed by atoms with Crippen molar-refractivity contribution in [2.75, 3.05) is 41.5 Å². The van der Waals surface area contributed by atoms with E-state index < -0.39 is 36.5 Å². The molecule has 3 fully saturated rings. The molecule has 4 amide bonds. The Balaban J connectivity index is 0.967. The van der Waals surface area contributed by atoms with E-state index in [9.17, 15) is 19.2 Å². The van der Waals surface area contributed by atoms with Gasteiger partial charge in [0.2, 0.25) is 11.8 Å². The maximum atomic E-state index is 14.0. The highest BCUT2D eigenvalue weighted by molar-refractivity contribution is 5.91. The molecule has 1 spiro atoms. The quantitative estimate of drug-likeness (QED) is 0.0890. The Morgan fingerprint density at radius 1 is 0.719 bits per heavy atom. The fourth-order valence-electron chi connectivity index (χ4n) is 9.46. The van der Waals surface area contributed by atoms with E-state index in [0.29, 0.717) is 18.9 Å². The van der Waals surface area contributed by atoms with Crippen molar-refractivity contribution >= 4 is 34.8 Å². The molecule has 4 heterocycles. The zero-order valence-corrected chi connectivity index (χ0v) is 37.5. The largest absolute Gasteiger partial charge is 0.453 e. The summed E-state index contributed by atoms with van der Waals surface area (Å²) in [5.41, 5.74) is 5.87. The smallest absolute Gasteiger partial charge is 0.407 e. The summed E-state index contributed by atoms with van der Waals surface area (Å²) in [6, 6.07) is 18.7. The van der Waals surface area contributed by atoms with E-state index in [4.69, 9.17) is 28.9 Å². The first-order chi connectivity index (χ1) is 30.9. The van der Waals surface area contributed by atoms with Crippen molar-refractivity contribution in [3.8, 4) is 33.6 Å². The number of aromatic amines is 2. The van der Waals surface area contributed by atoms with Gasteiger partial charge in [-0.15, -0.1) is 0 Å². The van der Waals surface area contributed by atoms with Crippen LogP contribution in [0.3, 0.4) is 0 Å². The number of likely N-dealkylation sites (tertiary alicyclic amines) is 2. The lowest BCUT2D eigenvalue weighted by Crippen LogP contribution is -2.54. The van der Waals surface area contributed by atoms with Crippen molar-refractivity contribution in [1.82, 2.24) is 40.4 Å². The number of carbonyl (C=O) groups is 4. The van der Waals surface area contributed by atoms with Crippen LogP contribution in [0.2, 0.25) is 0 Å². The number of rotatable bonds is 14. The van der Waals surface area contributed by atoms with Crippen LogP contribution in [0.5, 0.6) is 0 Å². The lowest BCUT2D eigenvalue weighted by molar-refractivity contribution is -0.138. The molecule has 7 atom stereocenters. The molecule has 16 heteroatoms. The highest BCUT2D eigenvalue weighted by Crippen LogP contribution is 2.58. The molecule has 338 valence electrons. The molecule has 3 aromatic carbocycles. The normalized spacial score (nSPS) is 20.8. The van der Waals surface area contributed by atoms with Crippen molar-refractivity contribution in [3.05, 3.63) is 84.7 Å². The molecule has 1 saturated carbocycles. The maximum absolute atomic E-state index is 14.0. The number of aromatic nitrogens is 4. The number of H-pyrrole nitrogens is 2. The number of amides is 4. The van der Waals surface area contributed by atoms with Crippen LogP contribution in [0, 0.1) is 11.3 Å². The van der Waals surface area contributed by atoms with Crippen LogP contribution >= 0.6 is 0 Å². The van der Waals surface area contributed by atoms with Gasteiger partial charge >= 0.3 is 12.2 Å². The maximum Gasteiger partial charge on any atom is 0.407 e. The summed E-state index contributed by atoms with van der Waals surface area (Å²) in [4.78, 5) is 72.5. The average Bonchev–Trinajstić information content (AvgIpc) is 3.82. The monoisotopic (exact) mass is 874 g/mol. The van der Waals surface area contributed by atoms with Gasteiger partial charge in [0, 0.05) is 32.9 Å². The van der Waals surface area contributed by atoms with E-state index in [2.05, 4.69) is 88.2 Å². The van der Waals surface area contributed by atoms with Crippen molar-refractivity contribution < 1.29 is 38.1 Å². The molecular weight excluding hydrogens is 817 g/mol. The lowest BCUT2D eigenvalue weighted by atomic mass is 9.96. The van der Waals surface area contributed by atoms with E-state index in [1.807, 2.05) is 17.3 Å². The number of hydrogen-bond acceptors (Lipinski definition) is 10. The third-order valence-electron chi connectivity index (χ3n) is 13.7. The van der Waals surface area contributed by atoms with Gasteiger partial charge in [0.1, 0.15) is 23.7 Å². The molecule has 4 N–H and O–H groups in total. The van der Waals surface area contributed by atoms with E-state index in [1.54, 1.807) is 18.7 Å². The van der Waals surface area contributed by atoms with Gasteiger partial charge in [-0.25, -0.2) is 19.6 Å². The molecular formula is C48H58N8O8. The first kappa shape index (κ1) is 44.4. The van der Waals surface area contributed by atoms with Gasteiger partial charge in [-0.3, -0.25) is 9.59 Å². The number of fused-ring (bicyclic) bond motifs is 1. The molecule has 5 aromatic rings. The first-order valence-corrected chi connectivity index (χ1v) is 22.0. The predicted octanol–water partition coefficient (Wildman–Crippen LogP) is 7.16. The Morgan fingerprint density at radius 3 is 1.81 bits per heavy atom. The summed E-state index contributed by atoms with van der Waals surface area (Å²) in [6.07, 6.45) is 5.73. The molecule has 2 saturated heterocycles. The Labute approximate surface area is 372 Å². The minimum absolute atomic E-state index is 0.0728. The Bertz CT molecular complexity index is 2500. The number of imidazole rings is 2. The van der Waals surface area contributed by atoms with Gasteiger partial charge in [0.05, 0.1) is 62.3 Å². The molecule has 2 aromatic heterocycles.